The number of ether oxygens (including phenoxy) is 1. The fourth-order valence-electron chi connectivity index (χ4n) is 5.19. The van der Waals surface area contributed by atoms with E-state index in [0.29, 0.717) is 11.4 Å². The van der Waals surface area contributed by atoms with Gasteiger partial charge in [0, 0.05) is 5.69 Å². The molecule has 7 heteroatoms. The first-order valence-electron chi connectivity index (χ1n) is 11.0. The summed E-state index contributed by atoms with van der Waals surface area (Å²) in [4.78, 5) is 51.6. The summed E-state index contributed by atoms with van der Waals surface area (Å²) in [6.07, 6.45) is 4.98. The van der Waals surface area contributed by atoms with Crippen LogP contribution in [-0.2, 0) is 19.1 Å². The molecular weight excluding hydrogens is 420 g/mol. The Kier molecular flexibility index (Phi) is 5.12. The molecule has 1 saturated heterocycles. The standard InChI is InChI=1S/C26H24N2O5/c1-14-4-3-5-20(15(14)2)27-21(29)13-33-26(32)16-8-10-19(11-9-16)28-24(30)22-17-6-7-18(12-17)23(22)25(28)31/h3-11,17-18,22-23H,12-13H2,1-2H3,(H,27,29)/t17-,18-,22-,23-/m0/s1. The van der Waals surface area contributed by atoms with Crippen LogP contribution in [0.15, 0.2) is 54.6 Å². The second-order valence-electron chi connectivity index (χ2n) is 8.93. The molecule has 1 N–H and O–H groups in total. The predicted molar refractivity (Wildman–Crippen MR) is 121 cm³/mol. The SMILES string of the molecule is Cc1cccc(NC(=O)COC(=O)c2ccc(N3C(=O)[C@@H]4[C@@H](C3=O)[C@H]3C=C[C@H]4C3)cc2)c1C. The molecule has 1 saturated carbocycles. The zero-order valence-corrected chi connectivity index (χ0v) is 18.4. The smallest absolute Gasteiger partial charge is 0.338 e. The number of hydrogen-bond acceptors (Lipinski definition) is 5. The lowest BCUT2D eigenvalue weighted by Gasteiger charge is -2.17. The highest BCUT2D eigenvalue weighted by Gasteiger charge is 2.59. The van der Waals surface area contributed by atoms with Crippen molar-refractivity contribution in [2.24, 2.45) is 23.7 Å². The highest BCUT2D eigenvalue weighted by Crippen LogP contribution is 2.53. The van der Waals surface area contributed by atoms with Crippen molar-refractivity contribution in [1.82, 2.24) is 0 Å². The maximum absolute atomic E-state index is 12.9. The third-order valence-electron chi connectivity index (χ3n) is 7.04. The van der Waals surface area contributed by atoms with Gasteiger partial charge in [-0.2, -0.15) is 0 Å². The average Bonchev–Trinajstić information content (AvgIpc) is 3.49. The van der Waals surface area contributed by atoms with E-state index in [2.05, 4.69) is 17.5 Å². The first-order valence-corrected chi connectivity index (χ1v) is 11.0. The summed E-state index contributed by atoms with van der Waals surface area (Å²) in [5.41, 5.74) is 3.36. The van der Waals surface area contributed by atoms with E-state index in [1.54, 1.807) is 18.2 Å². The Hall–Kier alpha value is -3.74. The molecule has 2 aromatic carbocycles. The lowest BCUT2D eigenvalue weighted by atomic mass is 9.85. The first kappa shape index (κ1) is 21.1. The van der Waals surface area contributed by atoms with E-state index in [0.717, 1.165) is 17.5 Å². The van der Waals surface area contributed by atoms with E-state index >= 15 is 0 Å². The van der Waals surface area contributed by atoms with Crippen LogP contribution >= 0.6 is 0 Å². The fourth-order valence-corrected chi connectivity index (χ4v) is 5.19. The lowest BCUT2D eigenvalue weighted by Crippen LogP contribution is -2.32. The number of nitrogens with one attached hydrogen (secondary N) is 1. The van der Waals surface area contributed by atoms with Gasteiger partial charge in [-0.25, -0.2) is 4.79 Å². The van der Waals surface area contributed by atoms with Crippen LogP contribution in [0.4, 0.5) is 11.4 Å². The number of allylic oxidation sites excluding steroid dienone is 2. The third-order valence-corrected chi connectivity index (χ3v) is 7.04. The van der Waals surface area contributed by atoms with Gasteiger partial charge in [-0.3, -0.25) is 19.3 Å². The van der Waals surface area contributed by atoms with Crippen LogP contribution in [-0.4, -0.2) is 30.3 Å². The Morgan fingerprint density at radius 1 is 0.970 bits per heavy atom. The average molecular weight is 444 g/mol. The van der Waals surface area contributed by atoms with Crippen LogP contribution in [0.5, 0.6) is 0 Å². The quantitative estimate of drug-likeness (QED) is 0.433. The van der Waals surface area contributed by atoms with Gasteiger partial charge in [-0.15, -0.1) is 0 Å². The monoisotopic (exact) mass is 444 g/mol. The summed E-state index contributed by atoms with van der Waals surface area (Å²) < 4.78 is 5.13. The summed E-state index contributed by atoms with van der Waals surface area (Å²) in [6.45, 7) is 3.44. The van der Waals surface area contributed by atoms with Gasteiger partial charge in [-0.05, 0) is 73.6 Å². The Balaban J connectivity index is 1.21. The van der Waals surface area contributed by atoms with E-state index in [1.165, 1.54) is 17.0 Å². The van der Waals surface area contributed by atoms with Crippen molar-refractivity contribution >= 4 is 35.1 Å². The van der Waals surface area contributed by atoms with Gasteiger partial charge >= 0.3 is 5.97 Å². The molecule has 1 aliphatic heterocycles. The molecular formula is C26H24N2O5. The summed E-state index contributed by atoms with van der Waals surface area (Å²) in [7, 11) is 0. The molecule has 5 rings (SSSR count). The molecule has 3 amide bonds. The van der Waals surface area contributed by atoms with Crippen molar-refractivity contribution in [2.45, 2.75) is 20.3 Å². The molecule has 1 heterocycles. The van der Waals surface area contributed by atoms with Crippen molar-refractivity contribution in [3.63, 3.8) is 0 Å². The van der Waals surface area contributed by atoms with Gasteiger partial charge in [0.05, 0.1) is 23.1 Å². The minimum atomic E-state index is -0.657. The minimum Gasteiger partial charge on any atom is -0.452 e. The van der Waals surface area contributed by atoms with Gasteiger partial charge in [0.2, 0.25) is 11.8 Å². The Labute approximate surface area is 191 Å². The molecule has 2 aromatic rings. The number of imide groups is 1. The molecule has 0 radical (unpaired) electrons. The van der Waals surface area contributed by atoms with Gasteiger partial charge in [-0.1, -0.05) is 24.3 Å². The van der Waals surface area contributed by atoms with Crippen molar-refractivity contribution in [3.05, 3.63) is 71.3 Å². The topological polar surface area (TPSA) is 92.8 Å². The highest BCUT2D eigenvalue weighted by molar-refractivity contribution is 6.22. The van der Waals surface area contributed by atoms with Gasteiger partial charge < -0.3 is 10.1 Å². The summed E-state index contributed by atoms with van der Waals surface area (Å²) in [6, 6.07) is 11.7. The number of benzene rings is 2. The minimum absolute atomic E-state index is 0.144. The summed E-state index contributed by atoms with van der Waals surface area (Å²) >= 11 is 0. The van der Waals surface area contributed by atoms with Crippen LogP contribution < -0.4 is 10.2 Å². The Morgan fingerprint density at radius 2 is 1.61 bits per heavy atom. The van der Waals surface area contributed by atoms with E-state index < -0.39 is 18.5 Å². The first-order chi connectivity index (χ1) is 15.8. The van der Waals surface area contributed by atoms with E-state index in [9.17, 15) is 19.2 Å². The second-order valence-corrected chi connectivity index (χ2v) is 8.93. The summed E-state index contributed by atoms with van der Waals surface area (Å²) in [5.74, 6) is -1.68. The van der Waals surface area contributed by atoms with Crippen LogP contribution in [0.25, 0.3) is 0 Å². The lowest BCUT2D eigenvalue weighted by molar-refractivity contribution is -0.123. The number of rotatable bonds is 5. The largest absolute Gasteiger partial charge is 0.452 e. The highest BCUT2D eigenvalue weighted by atomic mass is 16.5. The number of anilines is 2. The van der Waals surface area contributed by atoms with Crippen molar-refractivity contribution in [2.75, 3.05) is 16.8 Å². The van der Waals surface area contributed by atoms with Gasteiger partial charge in [0.1, 0.15) is 0 Å². The fraction of sp³-hybridized carbons (Fsp3) is 0.308. The molecule has 0 unspecified atom stereocenters. The molecule has 0 aromatic heterocycles. The number of aryl methyl sites for hydroxylation is 1. The molecule has 0 spiro atoms. The molecule has 33 heavy (non-hydrogen) atoms. The molecule has 7 nitrogen and oxygen atoms in total. The van der Waals surface area contributed by atoms with Crippen LogP contribution in [0.3, 0.4) is 0 Å². The molecule has 168 valence electrons. The number of nitrogens with zero attached hydrogens (tertiary/aromatic N) is 1. The van der Waals surface area contributed by atoms with Gasteiger partial charge in [0.15, 0.2) is 6.61 Å². The van der Waals surface area contributed by atoms with E-state index in [-0.39, 0.29) is 41.0 Å². The maximum atomic E-state index is 12.9. The zero-order chi connectivity index (χ0) is 23.3. The number of fused-ring (bicyclic) bond motifs is 5. The Morgan fingerprint density at radius 3 is 2.24 bits per heavy atom. The molecule has 2 aliphatic carbocycles. The number of carbonyl (C=O) groups excluding carboxylic acids is 4. The van der Waals surface area contributed by atoms with Crippen LogP contribution in [0, 0.1) is 37.5 Å². The number of carbonyl (C=O) groups is 4. The van der Waals surface area contributed by atoms with E-state index in [1.807, 2.05) is 26.0 Å². The van der Waals surface area contributed by atoms with Gasteiger partial charge in [0.25, 0.3) is 5.91 Å². The second kappa shape index (κ2) is 7.99. The molecule has 3 aliphatic rings. The van der Waals surface area contributed by atoms with Crippen molar-refractivity contribution in [1.29, 1.82) is 0 Å². The molecule has 2 bridgehead atoms. The Bertz CT molecular complexity index is 1170. The maximum Gasteiger partial charge on any atom is 0.338 e. The van der Waals surface area contributed by atoms with Crippen LogP contribution in [0.1, 0.15) is 27.9 Å². The van der Waals surface area contributed by atoms with Crippen molar-refractivity contribution in [3.8, 4) is 0 Å². The van der Waals surface area contributed by atoms with Crippen LogP contribution in [0.2, 0.25) is 0 Å². The van der Waals surface area contributed by atoms with Crippen molar-refractivity contribution < 1.29 is 23.9 Å². The van der Waals surface area contributed by atoms with E-state index in [4.69, 9.17) is 4.74 Å². The number of hydrogen-bond donors (Lipinski definition) is 1. The third kappa shape index (κ3) is 3.53. The molecule has 2 fully saturated rings. The molecule has 4 atom stereocenters. The summed E-state index contributed by atoms with van der Waals surface area (Å²) in [5, 5.41) is 2.74. The normalized spacial score (nSPS) is 24.8. The number of esters is 1. The predicted octanol–water partition coefficient (Wildman–Crippen LogP) is 3.41. The number of amides is 3. The zero-order valence-electron chi connectivity index (χ0n) is 18.4.